The molecule has 0 saturated carbocycles. The number of nitrogens with zero attached hydrogens (tertiary/aromatic N) is 4. The lowest BCUT2D eigenvalue weighted by Gasteiger charge is -2.11. The second-order valence-electron chi connectivity index (χ2n) is 8.76. The number of aromatic nitrogens is 4. The van der Waals surface area contributed by atoms with Crippen molar-refractivity contribution in [2.24, 2.45) is 0 Å². The molecule has 0 aliphatic heterocycles. The van der Waals surface area contributed by atoms with E-state index in [1.165, 1.54) is 29.0 Å². The van der Waals surface area contributed by atoms with Crippen molar-refractivity contribution in [1.29, 1.82) is 0 Å². The fourth-order valence-electron chi connectivity index (χ4n) is 3.92. The van der Waals surface area contributed by atoms with Crippen molar-refractivity contribution in [1.82, 2.24) is 19.3 Å². The first-order valence-electron chi connectivity index (χ1n) is 12.7. The van der Waals surface area contributed by atoms with Crippen LogP contribution in [-0.2, 0) is 29.2 Å². The minimum absolute atomic E-state index is 0.00441. The molecule has 208 valence electrons. The number of halogens is 2. The van der Waals surface area contributed by atoms with E-state index in [4.69, 9.17) is 9.47 Å². The minimum atomic E-state index is -0.969. The molecule has 4 aromatic rings. The predicted molar refractivity (Wildman–Crippen MR) is 146 cm³/mol. The van der Waals surface area contributed by atoms with E-state index in [1.54, 1.807) is 26.8 Å². The molecule has 1 amide bonds. The third-order valence-electron chi connectivity index (χ3n) is 5.89. The Hall–Kier alpha value is -4.64. The molecule has 0 aliphatic carbocycles. The Morgan fingerprint density at radius 1 is 1.05 bits per heavy atom. The van der Waals surface area contributed by atoms with Crippen molar-refractivity contribution < 1.29 is 23.0 Å². The summed E-state index contributed by atoms with van der Waals surface area (Å²) in [6, 6.07) is 14.7. The van der Waals surface area contributed by atoms with Crippen LogP contribution >= 0.6 is 0 Å². The number of aryl methyl sites for hydroxylation is 1. The second kappa shape index (κ2) is 12.9. The van der Waals surface area contributed by atoms with Gasteiger partial charge in [0.2, 0.25) is 0 Å². The van der Waals surface area contributed by atoms with Gasteiger partial charge in [-0.15, -0.1) is 5.10 Å². The molecule has 0 bridgehead atoms. The molecule has 11 heteroatoms. The van der Waals surface area contributed by atoms with Crippen molar-refractivity contribution in [2.45, 2.75) is 40.5 Å². The Morgan fingerprint density at radius 3 is 2.55 bits per heavy atom. The summed E-state index contributed by atoms with van der Waals surface area (Å²) < 4.78 is 42.9. The van der Waals surface area contributed by atoms with E-state index in [0.717, 1.165) is 21.9 Å². The summed E-state index contributed by atoms with van der Waals surface area (Å²) in [5, 5.41) is 6.73. The predicted octanol–water partition coefficient (Wildman–Crippen LogP) is 5.01. The number of benzene rings is 2. The van der Waals surface area contributed by atoms with Gasteiger partial charge in [-0.25, -0.2) is 18.6 Å². The van der Waals surface area contributed by atoms with Gasteiger partial charge in [0.15, 0.2) is 17.5 Å². The third-order valence-corrected chi connectivity index (χ3v) is 5.89. The second-order valence-corrected chi connectivity index (χ2v) is 8.76. The molecule has 0 radical (unpaired) electrons. The van der Waals surface area contributed by atoms with Gasteiger partial charge in [0.1, 0.15) is 12.4 Å². The monoisotopic (exact) mass is 549 g/mol. The summed E-state index contributed by atoms with van der Waals surface area (Å²) in [4.78, 5) is 30.5. The summed E-state index contributed by atoms with van der Waals surface area (Å²) in [7, 11) is 0. The minimum Gasteiger partial charge on any atom is -0.501 e. The lowest BCUT2D eigenvalue weighted by molar-refractivity contribution is 0.0989. The number of carbonyl (C=O) groups is 1. The first-order chi connectivity index (χ1) is 19.3. The molecule has 2 heterocycles. The van der Waals surface area contributed by atoms with Crippen LogP contribution < -0.4 is 11.0 Å². The van der Waals surface area contributed by atoms with Crippen molar-refractivity contribution in [3.8, 4) is 5.82 Å². The highest BCUT2D eigenvalue weighted by Gasteiger charge is 2.22. The van der Waals surface area contributed by atoms with Crippen LogP contribution in [0.1, 0.15) is 46.9 Å². The molecule has 4 rings (SSSR count). The van der Waals surface area contributed by atoms with Crippen molar-refractivity contribution in [3.63, 3.8) is 0 Å². The molecule has 40 heavy (non-hydrogen) atoms. The van der Waals surface area contributed by atoms with Crippen molar-refractivity contribution >= 4 is 17.7 Å². The Balaban J connectivity index is 1.68. The molecule has 2 aromatic heterocycles. The molecule has 0 saturated heterocycles. The van der Waals surface area contributed by atoms with E-state index < -0.39 is 29.0 Å². The van der Waals surface area contributed by atoms with Crippen LogP contribution in [0.3, 0.4) is 0 Å². The van der Waals surface area contributed by atoms with Gasteiger partial charge < -0.3 is 14.8 Å². The van der Waals surface area contributed by atoms with Crippen LogP contribution in [0.15, 0.2) is 65.7 Å². The van der Waals surface area contributed by atoms with E-state index in [-0.39, 0.29) is 35.9 Å². The van der Waals surface area contributed by atoms with Crippen LogP contribution in [0.2, 0.25) is 0 Å². The third kappa shape index (κ3) is 6.49. The standard InChI is InChI=1S/C29H29F2N5O4/c1-4-35-26(18-40-17-20-9-7-6-8-10-20)34-36(29(35)38)27-23(31)16-21(24(32-27)13-14-39-5-2)28(37)33-25-15-19(3)11-12-22(25)30/h6-16H,4-5,17-18H2,1-3H3,(H,33,37). The molecule has 2 aromatic carbocycles. The van der Waals surface area contributed by atoms with Crippen LogP contribution in [0, 0.1) is 18.6 Å². The van der Waals surface area contributed by atoms with Crippen LogP contribution in [0.5, 0.6) is 0 Å². The van der Waals surface area contributed by atoms with Crippen LogP contribution in [0.4, 0.5) is 14.5 Å². The van der Waals surface area contributed by atoms with E-state index in [2.05, 4.69) is 15.4 Å². The molecular weight excluding hydrogens is 520 g/mol. The van der Waals surface area contributed by atoms with Gasteiger partial charge in [0.05, 0.1) is 36.4 Å². The number of ether oxygens (including phenoxy) is 2. The van der Waals surface area contributed by atoms with E-state index in [9.17, 15) is 14.0 Å². The Kier molecular flexibility index (Phi) is 9.18. The number of amides is 1. The van der Waals surface area contributed by atoms with Gasteiger partial charge in [-0.1, -0.05) is 36.4 Å². The molecule has 1 N–H and O–H groups in total. The van der Waals surface area contributed by atoms with Gasteiger partial charge in [0, 0.05) is 6.54 Å². The molecule has 0 fully saturated rings. The highest BCUT2D eigenvalue weighted by molar-refractivity contribution is 6.06. The summed E-state index contributed by atoms with van der Waals surface area (Å²) in [6.07, 6.45) is 2.66. The summed E-state index contributed by atoms with van der Waals surface area (Å²) in [6.45, 7) is 6.18. The lowest BCUT2D eigenvalue weighted by Crippen LogP contribution is -2.26. The zero-order valence-corrected chi connectivity index (χ0v) is 22.4. The average Bonchev–Trinajstić information content (AvgIpc) is 3.26. The normalized spacial score (nSPS) is 11.2. The highest BCUT2D eigenvalue weighted by atomic mass is 19.1. The molecule has 0 spiro atoms. The zero-order valence-electron chi connectivity index (χ0n) is 22.4. The van der Waals surface area contributed by atoms with Gasteiger partial charge >= 0.3 is 5.69 Å². The Bertz CT molecular complexity index is 1580. The van der Waals surface area contributed by atoms with E-state index in [1.807, 2.05) is 30.3 Å². The number of rotatable bonds is 11. The Labute approximate surface area is 229 Å². The number of hydrogen-bond donors (Lipinski definition) is 1. The molecule has 0 atom stereocenters. The quantitative estimate of drug-likeness (QED) is 0.264. The van der Waals surface area contributed by atoms with Crippen LogP contribution in [-0.4, -0.2) is 31.8 Å². The largest absolute Gasteiger partial charge is 0.501 e. The van der Waals surface area contributed by atoms with Crippen molar-refractivity contribution in [3.05, 3.63) is 111 Å². The van der Waals surface area contributed by atoms with Gasteiger partial charge in [-0.3, -0.25) is 9.36 Å². The molecular formula is C29H29F2N5O4. The first-order valence-corrected chi connectivity index (χ1v) is 12.7. The topological polar surface area (TPSA) is 100 Å². The SMILES string of the molecule is CCOC=Cc1nc(-n2nc(COCc3ccccc3)n(CC)c2=O)c(F)cc1C(=O)Nc1cc(C)ccc1F. The number of hydrogen-bond acceptors (Lipinski definition) is 6. The fraction of sp³-hybridized carbons (Fsp3) is 0.241. The number of carbonyl (C=O) groups excluding carboxylic acids is 1. The molecule has 0 unspecified atom stereocenters. The van der Waals surface area contributed by atoms with E-state index >= 15 is 4.39 Å². The summed E-state index contributed by atoms with van der Waals surface area (Å²) >= 11 is 0. The van der Waals surface area contributed by atoms with Crippen LogP contribution in [0.25, 0.3) is 11.9 Å². The summed E-state index contributed by atoms with van der Waals surface area (Å²) in [5.74, 6) is -2.53. The molecule has 0 aliphatic rings. The maximum Gasteiger partial charge on any atom is 0.352 e. The van der Waals surface area contributed by atoms with E-state index in [0.29, 0.717) is 13.2 Å². The van der Waals surface area contributed by atoms with Gasteiger partial charge in [-0.05, 0) is 56.2 Å². The smallest absolute Gasteiger partial charge is 0.352 e. The highest BCUT2D eigenvalue weighted by Crippen LogP contribution is 2.21. The number of nitrogens with one attached hydrogen (secondary N) is 1. The maximum atomic E-state index is 15.4. The zero-order chi connectivity index (χ0) is 28.6. The fourth-order valence-corrected chi connectivity index (χ4v) is 3.92. The maximum absolute atomic E-state index is 15.4. The van der Waals surface area contributed by atoms with Crippen molar-refractivity contribution in [2.75, 3.05) is 11.9 Å². The lowest BCUT2D eigenvalue weighted by atomic mass is 10.1. The first kappa shape index (κ1) is 28.4. The van der Waals surface area contributed by atoms with Gasteiger partial charge in [-0.2, -0.15) is 4.68 Å². The summed E-state index contributed by atoms with van der Waals surface area (Å²) in [5.41, 5.74) is 0.799. The number of pyridine rings is 1. The molecule has 9 nitrogen and oxygen atoms in total. The van der Waals surface area contributed by atoms with Gasteiger partial charge in [0.25, 0.3) is 5.91 Å². The number of anilines is 1. The average molecular weight is 550 g/mol. The Morgan fingerprint density at radius 2 is 1.82 bits per heavy atom.